The summed E-state index contributed by atoms with van der Waals surface area (Å²) in [5.74, 6) is 0.0240. The van der Waals surface area contributed by atoms with Crippen LogP contribution in [0.1, 0.15) is 5.56 Å². The van der Waals surface area contributed by atoms with E-state index in [2.05, 4.69) is 52.3 Å². The Balaban J connectivity index is 1.56. The van der Waals surface area contributed by atoms with Crippen LogP contribution < -0.4 is 21.7 Å². The summed E-state index contributed by atoms with van der Waals surface area (Å²) in [7, 11) is 0. The quantitative estimate of drug-likeness (QED) is 0.617. The Bertz CT molecular complexity index is 723. The topological polar surface area (TPSA) is 82.4 Å². The van der Waals surface area contributed by atoms with E-state index in [0.29, 0.717) is 19.5 Å². The van der Waals surface area contributed by atoms with Gasteiger partial charge in [-0.15, -0.1) is 0 Å². The predicted molar refractivity (Wildman–Crippen MR) is 119 cm³/mol. The molecule has 1 saturated heterocycles. The summed E-state index contributed by atoms with van der Waals surface area (Å²) >= 11 is 0. The van der Waals surface area contributed by atoms with Crippen molar-refractivity contribution in [3.8, 4) is 11.1 Å². The van der Waals surface area contributed by atoms with Gasteiger partial charge >= 0.3 is 0 Å². The average Bonchev–Trinajstić information content (AvgIpc) is 2.75. The number of carbonyl (C=O) groups is 1. The highest BCUT2D eigenvalue weighted by atomic mass is 16.2. The zero-order valence-electron chi connectivity index (χ0n) is 17.1. The van der Waals surface area contributed by atoms with E-state index in [1.165, 1.54) is 11.1 Å². The van der Waals surface area contributed by atoms with Gasteiger partial charge in [-0.25, -0.2) is 0 Å². The van der Waals surface area contributed by atoms with Crippen molar-refractivity contribution in [3.63, 3.8) is 0 Å². The van der Waals surface area contributed by atoms with E-state index >= 15 is 0 Å². The molecule has 2 aromatic carbocycles. The molecule has 1 atom stereocenters. The van der Waals surface area contributed by atoms with Gasteiger partial charge in [0.2, 0.25) is 5.91 Å². The minimum Gasteiger partial charge on any atom is -0.339 e. The maximum Gasteiger partial charge on any atom is 0.239 e. The van der Waals surface area contributed by atoms with Crippen molar-refractivity contribution in [1.29, 1.82) is 0 Å². The molecule has 0 aliphatic carbocycles. The molecule has 5 N–H and O–H groups in total. The third-order valence-corrected chi connectivity index (χ3v) is 5.22. The number of hydrogen-bond acceptors (Lipinski definition) is 5. The normalized spacial score (nSPS) is 17.8. The van der Waals surface area contributed by atoms with Crippen molar-refractivity contribution in [3.05, 3.63) is 60.2 Å². The standard InChI is InChI=1S/C23H33N5O/c24-22(18-19-6-8-21(9-7-19)20-4-2-1-3-5-20)23(29)28-16-14-26-12-10-25-11-13-27-15-17-28/h1-9,22,25-27H,10-18,24H2/t22-/m0/s1. The van der Waals surface area contributed by atoms with Crippen LogP contribution in [0, 0.1) is 0 Å². The van der Waals surface area contributed by atoms with E-state index in [1.54, 1.807) is 0 Å². The molecule has 1 fully saturated rings. The van der Waals surface area contributed by atoms with Crippen molar-refractivity contribution < 1.29 is 4.79 Å². The third kappa shape index (κ3) is 6.94. The molecule has 0 aromatic heterocycles. The molecule has 29 heavy (non-hydrogen) atoms. The van der Waals surface area contributed by atoms with Gasteiger partial charge in [-0.05, 0) is 23.1 Å². The zero-order chi connectivity index (χ0) is 20.3. The van der Waals surface area contributed by atoms with Crippen molar-refractivity contribution in [2.45, 2.75) is 12.5 Å². The fourth-order valence-electron chi connectivity index (χ4n) is 3.53. The molecule has 0 saturated carbocycles. The van der Waals surface area contributed by atoms with E-state index in [-0.39, 0.29) is 5.91 Å². The van der Waals surface area contributed by atoms with Crippen LogP contribution in [0.4, 0.5) is 0 Å². The van der Waals surface area contributed by atoms with Gasteiger partial charge in [0.05, 0.1) is 6.04 Å². The molecule has 1 aliphatic rings. The molecule has 2 aromatic rings. The van der Waals surface area contributed by atoms with Gasteiger partial charge in [0.15, 0.2) is 0 Å². The van der Waals surface area contributed by atoms with E-state index in [0.717, 1.165) is 44.8 Å². The molecule has 0 unspecified atom stereocenters. The number of nitrogens with one attached hydrogen (secondary N) is 3. The predicted octanol–water partition coefficient (Wildman–Crippen LogP) is 0.834. The second-order valence-corrected chi connectivity index (χ2v) is 7.45. The van der Waals surface area contributed by atoms with Crippen LogP contribution in [-0.4, -0.2) is 69.2 Å². The number of nitrogens with two attached hydrogens (primary N) is 1. The van der Waals surface area contributed by atoms with Gasteiger partial charge in [0.25, 0.3) is 0 Å². The second kappa shape index (κ2) is 11.7. The molecule has 1 amide bonds. The summed E-state index contributed by atoms with van der Waals surface area (Å²) in [4.78, 5) is 14.8. The van der Waals surface area contributed by atoms with E-state index < -0.39 is 6.04 Å². The third-order valence-electron chi connectivity index (χ3n) is 5.22. The van der Waals surface area contributed by atoms with Gasteiger partial charge in [-0.3, -0.25) is 4.79 Å². The van der Waals surface area contributed by atoms with Crippen molar-refractivity contribution >= 4 is 5.91 Å². The summed E-state index contributed by atoms with van der Waals surface area (Å²) in [5, 5.41) is 10.1. The van der Waals surface area contributed by atoms with Crippen molar-refractivity contribution in [2.75, 3.05) is 52.4 Å². The molecule has 0 radical (unpaired) electrons. The van der Waals surface area contributed by atoms with E-state index in [9.17, 15) is 4.79 Å². The first kappa shape index (κ1) is 21.5. The Morgan fingerprint density at radius 3 is 1.90 bits per heavy atom. The van der Waals surface area contributed by atoms with Crippen LogP contribution in [0.25, 0.3) is 11.1 Å². The molecule has 1 aliphatic heterocycles. The van der Waals surface area contributed by atoms with Gasteiger partial charge in [-0.2, -0.15) is 0 Å². The molecule has 0 bridgehead atoms. The maximum atomic E-state index is 12.9. The Hall–Kier alpha value is -2.25. The van der Waals surface area contributed by atoms with Gasteiger partial charge in [0.1, 0.15) is 0 Å². The fraction of sp³-hybridized carbons (Fsp3) is 0.435. The average molecular weight is 396 g/mol. The number of rotatable bonds is 4. The lowest BCUT2D eigenvalue weighted by molar-refractivity contribution is -0.132. The summed E-state index contributed by atoms with van der Waals surface area (Å²) in [6.45, 7) is 6.62. The Labute approximate surface area is 173 Å². The van der Waals surface area contributed by atoms with Gasteiger partial charge < -0.3 is 26.6 Å². The molecule has 6 heteroatoms. The number of hydrogen-bond donors (Lipinski definition) is 4. The lowest BCUT2D eigenvalue weighted by Gasteiger charge is -2.27. The molecule has 0 spiro atoms. The summed E-state index contributed by atoms with van der Waals surface area (Å²) in [6, 6.07) is 18.1. The molecular formula is C23H33N5O. The molecule has 1 heterocycles. The fourth-order valence-corrected chi connectivity index (χ4v) is 3.53. The van der Waals surface area contributed by atoms with Crippen molar-refractivity contribution in [1.82, 2.24) is 20.9 Å². The first-order valence-corrected chi connectivity index (χ1v) is 10.5. The van der Waals surface area contributed by atoms with Crippen LogP contribution in [-0.2, 0) is 11.2 Å². The first-order valence-electron chi connectivity index (χ1n) is 10.5. The molecular weight excluding hydrogens is 362 g/mol. The number of amides is 1. The minimum atomic E-state index is -0.521. The first-order chi connectivity index (χ1) is 14.2. The SMILES string of the molecule is N[C@@H](Cc1ccc(-c2ccccc2)cc1)C(=O)N1CCNCCNCCNCC1. The minimum absolute atomic E-state index is 0.0240. The summed E-state index contributed by atoms with van der Waals surface area (Å²) in [6.07, 6.45) is 0.551. The zero-order valence-corrected chi connectivity index (χ0v) is 17.1. The highest BCUT2D eigenvalue weighted by Crippen LogP contribution is 2.19. The Kier molecular flexibility index (Phi) is 8.64. The second-order valence-electron chi connectivity index (χ2n) is 7.45. The van der Waals surface area contributed by atoms with Crippen LogP contribution in [0.5, 0.6) is 0 Å². The van der Waals surface area contributed by atoms with Crippen LogP contribution in [0.15, 0.2) is 54.6 Å². The highest BCUT2D eigenvalue weighted by molar-refractivity contribution is 5.82. The number of carbonyl (C=O) groups excluding carboxylic acids is 1. The molecule has 156 valence electrons. The highest BCUT2D eigenvalue weighted by Gasteiger charge is 2.21. The molecule has 6 nitrogen and oxygen atoms in total. The summed E-state index contributed by atoms with van der Waals surface area (Å²) in [5.41, 5.74) is 9.75. The van der Waals surface area contributed by atoms with Gasteiger partial charge in [-0.1, -0.05) is 54.6 Å². The number of benzene rings is 2. The van der Waals surface area contributed by atoms with Crippen LogP contribution >= 0.6 is 0 Å². The maximum absolute atomic E-state index is 12.9. The Morgan fingerprint density at radius 1 is 0.793 bits per heavy atom. The van der Waals surface area contributed by atoms with Crippen molar-refractivity contribution in [2.24, 2.45) is 5.73 Å². The smallest absolute Gasteiger partial charge is 0.239 e. The molecule has 3 rings (SSSR count). The number of nitrogens with zero attached hydrogens (tertiary/aromatic N) is 1. The lowest BCUT2D eigenvalue weighted by Crippen LogP contribution is -2.50. The van der Waals surface area contributed by atoms with E-state index in [4.69, 9.17) is 5.73 Å². The van der Waals surface area contributed by atoms with Crippen LogP contribution in [0.2, 0.25) is 0 Å². The Morgan fingerprint density at radius 2 is 1.31 bits per heavy atom. The van der Waals surface area contributed by atoms with E-state index in [1.807, 2.05) is 23.1 Å². The summed E-state index contributed by atoms with van der Waals surface area (Å²) < 4.78 is 0. The van der Waals surface area contributed by atoms with Gasteiger partial charge in [0, 0.05) is 52.4 Å². The van der Waals surface area contributed by atoms with Crippen LogP contribution in [0.3, 0.4) is 0 Å². The monoisotopic (exact) mass is 395 g/mol. The largest absolute Gasteiger partial charge is 0.339 e. The lowest BCUT2D eigenvalue weighted by atomic mass is 10.0.